The van der Waals surface area contributed by atoms with Crippen LogP contribution in [0.2, 0.25) is 0 Å². The number of nitrogens with one attached hydrogen (secondary N) is 2. The number of amides is 1. The van der Waals surface area contributed by atoms with E-state index in [0.717, 1.165) is 35.0 Å². The second-order valence-electron chi connectivity index (χ2n) is 9.26. The van der Waals surface area contributed by atoms with E-state index in [0.29, 0.717) is 31.1 Å². The van der Waals surface area contributed by atoms with Crippen molar-refractivity contribution >= 4 is 27.5 Å². The summed E-state index contributed by atoms with van der Waals surface area (Å²) in [6, 6.07) is 9.83. The molecular weight excluding hydrogens is 394 g/mol. The third-order valence-corrected chi connectivity index (χ3v) is 7.26. The van der Waals surface area contributed by atoms with Gasteiger partial charge < -0.3 is 10.3 Å². The molecule has 1 atom stereocenters. The first-order chi connectivity index (χ1) is 14.3. The quantitative estimate of drug-likeness (QED) is 0.639. The van der Waals surface area contributed by atoms with E-state index in [-0.39, 0.29) is 16.9 Å². The molecule has 0 fully saturated rings. The molecule has 0 saturated carbocycles. The summed E-state index contributed by atoms with van der Waals surface area (Å²) in [6.45, 7) is 7.39. The van der Waals surface area contributed by atoms with Crippen LogP contribution < -0.4 is 10.9 Å². The zero-order valence-electron chi connectivity index (χ0n) is 17.9. The van der Waals surface area contributed by atoms with E-state index < -0.39 is 0 Å². The first-order valence-corrected chi connectivity index (χ1v) is 11.5. The highest BCUT2D eigenvalue weighted by Crippen LogP contribution is 2.41. The van der Waals surface area contributed by atoms with Gasteiger partial charge in [0.15, 0.2) is 0 Å². The molecule has 0 spiro atoms. The van der Waals surface area contributed by atoms with Gasteiger partial charge >= 0.3 is 0 Å². The zero-order chi connectivity index (χ0) is 21.3. The standard InChI is InChI=1S/C24H29N3O2S/c1-24(2,3)16-9-10-17-18(13-16)30-23-21(17)22(29)26-19(27-23)11-12-20(28)25-14-15-7-5-4-6-8-15/h4-8,16H,9-14H2,1-3H3,(H,25,28)(H,26,27,29). The van der Waals surface area contributed by atoms with E-state index in [1.165, 1.54) is 10.4 Å². The van der Waals surface area contributed by atoms with Gasteiger partial charge in [-0.25, -0.2) is 4.98 Å². The normalized spacial score (nSPS) is 16.4. The maximum Gasteiger partial charge on any atom is 0.259 e. The molecule has 1 amide bonds. The van der Waals surface area contributed by atoms with E-state index >= 15 is 0 Å². The van der Waals surface area contributed by atoms with Crippen LogP contribution in [0.1, 0.15) is 55.4 Å². The van der Waals surface area contributed by atoms with E-state index in [2.05, 4.69) is 31.1 Å². The number of benzene rings is 1. The van der Waals surface area contributed by atoms with Gasteiger partial charge in [-0.3, -0.25) is 9.59 Å². The number of carbonyl (C=O) groups excluding carboxylic acids is 1. The minimum Gasteiger partial charge on any atom is -0.352 e. The van der Waals surface area contributed by atoms with Crippen molar-refractivity contribution in [1.29, 1.82) is 0 Å². The second kappa shape index (κ2) is 8.34. The molecule has 1 aliphatic rings. The van der Waals surface area contributed by atoms with Crippen molar-refractivity contribution in [3.05, 3.63) is 62.5 Å². The summed E-state index contributed by atoms with van der Waals surface area (Å²) in [5, 5.41) is 3.69. The highest BCUT2D eigenvalue weighted by atomic mass is 32.1. The second-order valence-corrected chi connectivity index (χ2v) is 10.3. The number of fused-ring (bicyclic) bond motifs is 3. The lowest BCUT2D eigenvalue weighted by molar-refractivity contribution is -0.121. The van der Waals surface area contributed by atoms with Gasteiger partial charge in [-0.05, 0) is 41.7 Å². The zero-order valence-corrected chi connectivity index (χ0v) is 18.7. The molecule has 0 aliphatic heterocycles. The molecule has 158 valence electrons. The first kappa shape index (κ1) is 20.8. The molecule has 1 unspecified atom stereocenters. The molecule has 30 heavy (non-hydrogen) atoms. The Labute approximate surface area is 180 Å². The van der Waals surface area contributed by atoms with Crippen molar-refractivity contribution in [2.75, 3.05) is 0 Å². The molecule has 3 aromatic rings. The van der Waals surface area contributed by atoms with Crippen molar-refractivity contribution in [3.63, 3.8) is 0 Å². The molecule has 2 N–H and O–H groups in total. The lowest BCUT2D eigenvalue weighted by atomic mass is 9.72. The molecule has 2 aromatic heterocycles. The predicted octanol–water partition coefficient (Wildman–Crippen LogP) is 4.38. The van der Waals surface area contributed by atoms with Gasteiger partial charge in [0.1, 0.15) is 10.7 Å². The number of thiophene rings is 1. The Morgan fingerprint density at radius 2 is 2.03 bits per heavy atom. The highest BCUT2D eigenvalue weighted by molar-refractivity contribution is 7.18. The summed E-state index contributed by atoms with van der Waals surface area (Å²) < 4.78 is 0. The third kappa shape index (κ3) is 4.48. The smallest absolute Gasteiger partial charge is 0.259 e. The van der Waals surface area contributed by atoms with E-state index in [4.69, 9.17) is 4.98 Å². The van der Waals surface area contributed by atoms with Gasteiger partial charge in [-0.15, -0.1) is 11.3 Å². The summed E-state index contributed by atoms with van der Waals surface area (Å²) in [4.78, 5) is 34.7. The summed E-state index contributed by atoms with van der Waals surface area (Å²) >= 11 is 1.66. The van der Waals surface area contributed by atoms with Crippen LogP contribution in [0.25, 0.3) is 10.2 Å². The van der Waals surface area contributed by atoms with Crippen molar-refractivity contribution in [2.24, 2.45) is 11.3 Å². The van der Waals surface area contributed by atoms with Gasteiger partial charge in [0, 0.05) is 24.3 Å². The molecule has 0 bridgehead atoms. The number of H-pyrrole nitrogens is 1. The van der Waals surface area contributed by atoms with Crippen LogP contribution in [0.15, 0.2) is 35.1 Å². The number of rotatable bonds is 5. The molecule has 1 aromatic carbocycles. The van der Waals surface area contributed by atoms with Gasteiger partial charge in [0.05, 0.1) is 5.39 Å². The number of aryl methyl sites for hydroxylation is 2. The number of aromatic amines is 1. The molecule has 0 saturated heterocycles. The van der Waals surface area contributed by atoms with Gasteiger partial charge in [0.2, 0.25) is 5.91 Å². The fourth-order valence-corrected chi connectivity index (χ4v) is 5.52. The van der Waals surface area contributed by atoms with Crippen molar-refractivity contribution in [1.82, 2.24) is 15.3 Å². The maximum atomic E-state index is 12.8. The van der Waals surface area contributed by atoms with Crippen LogP contribution in [0, 0.1) is 11.3 Å². The number of aromatic nitrogens is 2. The molecular formula is C24H29N3O2S. The summed E-state index contributed by atoms with van der Waals surface area (Å²) in [5.74, 6) is 1.18. The Morgan fingerprint density at radius 3 is 2.77 bits per heavy atom. The van der Waals surface area contributed by atoms with Crippen LogP contribution in [0.4, 0.5) is 0 Å². The summed E-state index contributed by atoms with van der Waals surface area (Å²) in [7, 11) is 0. The van der Waals surface area contributed by atoms with Gasteiger partial charge in [0.25, 0.3) is 5.56 Å². The molecule has 4 rings (SSSR count). The lowest BCUT2D eigenvalue weighted by Crippen LogP contribution is -2.26. The number of nitrogens with zero attached hydrogens (tertiary/aromatic N) is 1. The Balaban J connectivity index is 1.45. The SMILES string of the molecule is CC(C)(C)C1CCc2c(sc3nc(CCC(=O)NCc4ccccc4)[nH]c(=O)c23)C1. The van der Waals surface area contributed by atoms with Crippen LogP contribution in [0.3, 0.4) is 0 Å². The maximum absolute atomic E-state index is 12.8. The van der Waals surface area contributed by atoms with E-state index in [1.807, 2.05) is 30.3 Å². The van der Waals surface area contributed by atoms with Crippen molar-refractivity contribution in [2.45, 2.75) is 59.4 Å². The molecule has 1 aliphatic carbocycles. The Hall–Kier alpha value is -2.47. The number of carbonyl (C=O) groups is 1. The van der Waals surface area contributed by atoms with Crippen molar-refractivity contribution in [3.8, 4) is 0 Å². The molecule has 0 radical (unpaired) electrons. The van der Waals surface area contributed by atoms with Gasteiger partial charge in [-0.1, -0.05) is 51.1 Å². The topological polar surface area (TPSA) is 74.8 Å². The monoisotopic (exact) mass is 423 g/mol. The predicted molar refractivity (Wildman–Crippen MR) is 122 cm³/mol. The third-order valence-electron chi connectivity index (χ3n) is 6.11. The minimum absolute atomic E-state index is 0.0416. The van der Waals surface area contributed by atoms with Crippen molar-refractivity contribution < 1.29 is 4.79 Å². The Bertz CT molecular complexity index is 1110. The van der Waals surface area contributed by atoms with Crippen LogP contribution in [0.5, 0.6) is 0 Å². The minimum atomic E-state index is -0.0635. The van der Waals surface area contributed by atoms with Crippen LogP contribution in [-0.4, -0.2) is 15.9 Å². The Morgan fingerprint density at radius 1 is 1.27 bits per heavy atom. The number of hydrogen-bond acceptors (Lipinski definition) is 4. The Kier molecular flexibility index (Phi) is 5.78. The van der Waals surface area contributed by atoms with Crippen LogP contribution in [-0.2, 0) is 30.6 Å². The fraction of sp³-hybridized carbons (Fsp3) is 0.458. The molecule has 6 heteroatoms. The van der Waals surface area contributed by atoms with E-state index in [1.54, 1.807) is 11.3 Å². The van der Waals surface area contributed by atoms with Gasteiger partial charge in [-0.2, -0.15) is 0 Å². The summed E-state index contributed by atoms with van der Waals surface area (Å²) in [5.41, 5.74) is 2.46. The van der Waals surface area contributed by atoms with E-state index in [9.17, 15) is 9.59 Å². The highest BCUT2D eigenvalue weighted by Gasteiger charge is 2.31. The molecule has 5 nitrogen and oxygen atoms in total. The largest absolute Gasteiger partial charge is 0.352 e. The average Bonchev–Trinajstić information content (AvgIpc) is 3.09. The average molecular weight is 424 g/mol. The fourth-order valence-electron chi connectivity index (χ4n) is 4.20. The van der Waals surface area contributed by atoms with Crippen LogP contribution >= 0.6 is 11.3 Å². The number of hydrogen-bond donors (Lipinski definition) is 2. The lowest BCUT2D eigenvalue weighted by Gasteiger charge is -2.33. The summed E-state index contributed by atoms with van der Waals surface area (Å²) in [6.07, 6.45) is 3.82. The molecule has 2 heterocycles. The first-order valence-electron chi connectivity index (χ1n) is 10.7.